The number of nitrogens with zero attached hydrogens (tertiary/aromatic N) is 1. The summed E-state index contributed by atoms with van der Waals surface area (Å²) in [4.78, 5) is 13.5. The molecule has 1 fully saturated rings. The summed E-state index contributed by atoms with van der Waals surface area (Å²) in [6, 6.07) is 0. The Balaban J connectivity index is 2.32. The van der Waals surface area contributed by atoms with Crippen LogP contribution in [-0.2, 0) is 4.79 Å². The van der Waals surface area contributed by atoms with Gasteiger partial charge in [0, 0.05) is 13.1 Å². The number of nitrogens with two attached hydrogens (primary N) is 1. The molecule has 1 aliphatic rings. The Labute approximate surface area is 92.2 Å². The Bertz CT molecular complexity index is 208. The van der Waals surface area contributed by atoms with E-state index < -0.39 is 0 Å². The molecule has 0 aromatic heterocycles. The minimum absolute atomic E-state index is 0.0699. The first kappa shape index (κ1) is 12.5. The monoisotopic (exact) mass is 213 g/mol. The average Bonchev–Trinajstić information content (AvgIpc) is 2.18. The van der Waals surface area contributed by atoms with Crippen molar-refractivity contribution < 1.29 is 4.79 Å². The third kappa shape index (κ3) is 4.18. The third-order valence-corrected chi connectivity index (χ3v) is 3.03. The summed E-state index contributed by atoms with van der Waals surface area (Å²) in [5.74, 6) is 0.558. The molecule has 2 atom stereocenters. The maximum absolute atomic E-state index is 11.1. The van der Waals surface area contributed by atoms with Gasteiger partial charge >= 0.3 is 0 Å². The number of rotatable bonds is 5. The maximum Gasteiger partial charge on any atom is 0.221 e. The number of piperidine rings is 1. The normalized spacial score (nSPS) is 25.1. The van der Waals surface area contributed by atoms with Gasteiger partial charge in [0.1, 0.15) is 0 Å². The van der Waals surface area contributed by atoms with Crippen molar-refractivity contribution in [3.8, 4) is 0 Å². The summed E-state index contributed by atoms with van der Waals surface area (Å²) in [6.45, 7) is 6.27. The van der Waals surface area contributed by atoms with Crippen molar-refractivity contribution in [1.29, 1.82) is 0 Å². The van der Waals surface area contributed by atoms with E-state index in [1.807, 2.05) is 7.05 Å². The zero-order valence-corrected chi connectivity index (χ0v) is 9.83. The molecule has 0 saturated carbocycles. The molecular weight excluding hydrogens is 190 g/mol. The Morgan fingerprint density at radius 3 is 3.00 bits per heavy atom. The van der Waals surface area contributed by atoms with Gasteiger partial charge in [0.2, 0.25) is 5.91 Å². The van der Waals surface area contributed by atoms with E-state index >= 15 is 0 Å². The molecule has 0 aromatic carbocycles. The molecule has 88 valence electrons. The van der Waals surface area contributed by atoms with E-state index in [0.717, 1.165) is 39.0 Å². The molecule has 4 nitrogen and oxygen atoms in total. The summed E-state index contributed by atoms with van der Waals surface area (Å²) in [6.07, 6.45) is 2.06. The fourth-order valence-electron chi connectivity index (χ4n) is 2.31. The van der Waals surface area contributed by atoms with Crippen LogP contribution in [0.2, 0.25) is 0 Å². The van der Waals surface area contributed by atoms with Crippen molar-refractivity contribution >= 4 is 5.91 Å². The fraction of sp³-hybridized carbons (Fsp3) is 0.909. The molecule has 15 heavy (non-hydrogen) atoms. The van der Waals surface area contributed by atoms with Gasteiger partial charge in [-0.3, -0.25) is 4.79 Å². The van der Waals surface area contributed by atoms with E-state index in [9.17, 15) is 4.79 Å². The second kappa shape index (κ2) is 6.08. The van der Waals surface area contributed by atoms with Gasteiger partial charge in [-0.1, -0.05) is 6.92 Å². The Hall–Kier alpha value is -0.610. The number of primary amides is 1. The van der Waals surface area contributed by atoms with Gasteiger partial charge in [0.05, 0.1) is 5.92 Å². The smallest absolute Gasteiger partial charge is 0.221 e. The molecule has 0 aliphatic carbocycles. The molecule has 2 unspecified atom stereocenters. The van der Waals surface area contributed by atoms with Gasteiger partial charge in [-0.05, 0) is 38.9 Å². The highest BCUT2D eigenvalue weighted by atomic mass is 16.1. The van der Waals surface area contributed by atoms with Gasteiger partial charge in [-0.15, -0.1) is 0 Å². The summed E-state index contributed by atoms with van der Waals surface area (Å²) in [5.41, 5.74) is 5.34. The van der Waals surface area contributed by atoms with Gasteiger partial charge in [0.15, 0.2) is 0 Å². The average molecular weight is 213 g/mol. The van der Waals surface area contributed by atoms with Crippen LogP contribution in [0.15, 0.2) is 0 Å². The third-order valence-electron chi connectivity index (χ3n) is 3.03. The number of amides is 1. The standard InChI is InChI=1S/C11H23N3O/c1-9(6-13-2)7-14-5-3-4-10(8-14)11(12)15/h9-10,13H,3-8H2,1-2H3,(H2,12,15). The number of likely N-dealkylation sites (tertiary alicyclic amines) is 1. The SMILES string of the molecule is CNCC(C)CN1CCCC(C(N)=O)C1. The lowest BCUT2D eigenvalue weighted by molar-refractivity contribution is -0.123. The van der Waals surface area contributed by atoms with Crippen LogP contribution in [0.4, 0.5) is 0 Å². The first-order valence-corrected chi connectivity index (χ1v) is 5.79. The largest absolute Gasteiger partial charge is 0.369 e. The number of hydrogen-bond donors (Lipinski definition) is 2. The van der Waals surface area contributed by atoms with Crippen LogP contribution in [0.1, 0.15) is 19.8 Å². The van der Waals surface area contributed by atoms with Crippen molar-refractivity contribution in [3.05, 3.63) is 0 Å². The summed E-state index contributed by atoms with van der Waals surface area (Å²) in [7, 11) is 1.97. The van der Waals surface area contributed by atoms with E-state index in [1.165, 1.54) is 0 Å². The van der Waals surface area contributed by atoms with Gasteiger partial charge in [-0.25, -0.2) is 0 Å². The maximum atomic E-state index is 11.1. The topological polar surface area (TPSA) is 58.4 Å². The minimum Gasteiger partial charge on any atom is -0.369 e. The fourth-order valence-corrected chi connectivity index (χ4v) is 2.31. The molecule has 1 saturated heterocycles. The summed E-state index contributed by atoms with van der Waals surface area (Å²) >= 11 is 0. The number of nitrogens with one attached hydrogen (secondary N) is 1. The second-order valence-electron chi connectivity index (χ2n) is 4.66. The Morgan fingerprint density at radius 1 is 1.67 bits per heavy atom. The quantitative estimate of drug-likeness (QED) is 0.678. The number of carbonyl (C=O) groups is 1. The highest BCUT2D eigenvalue weighted by Gasteiger charge is 2.24. The van der Waals surface area contributed by atoms with Crippen LogP contribution in [0.3, 0.4) is 0 Å². The van der Waals surface area contributed by atoms with Gasteiger partial charge < -0.3 is 16.0 Å². The lowest BCUT2D eigenvalue weighted by Gasteiger charge is -2.32. The van der Waals surface area contributed by atoms with Crippen LogP contribution in [0.25, 0.3) is 0 Å². The molecule has 0 radical (unpaired) electrons. The lowest BCUT2D eigenvalue weighted by atomic mass is 9.96. The molecule has 3 N–H and O–H groups in total. The summed E-state index contributed by atoms with van der Waals surface area (Å²) < 4.78 is 0. The molecule has 0 spiro atoms. The highest BCUT2D eigenvalue weighted by Crippen LogP contribution is 2.16. The van der Waals surface area contributed by atoms with Crippen LogP contribution in [0.5, 0.6) is 0 Å². The van der Waals surface area contributed by atoms with E-state index in [0.29, 0.717) is 5.92 Å². The van der Waals surface area contributed by atoms with Gasteiger partial charge in [0.25, 0.3) is 0 Å². The Morgan fingerprint density at radius 2 is 2.40 bits per heavy atom. The zero-order valence-electron chi connectivity index (χ0n) is 9.83. The molecule has 0 aromatic rings. The van der Waals surface area contributed by atoms with Crippen molar-refractivity contribution in [2.45, 2.75) is 19.8 Å². The minimum atomic E-state index is -0.138. The summed E-state index contributed by atoms with van der Waals surface area (Å²) in [5, 5.41) is 3.17. The van der Waals surface area contributed by atoms with Crippen LogP contribution in [-0.4, -0.2) is 44.0 Å². The molecule has 1 heterocycles. The first-order chi connectivity index (χ1) is 7.13. The van der Waals surface area contributed by atoms with E-state index in [-0.39, 0.29) is 11.8 Å². The van der Waals surface area contributed by atoms with Crippen LogP contribution in [0, 0.1) is 11.8 Å². The van der Waals surface area contributed by atoms with Crippen molar-refractivity contribution in [1.82, 2.24) is 10.2 Å². The van der Waals surface area contributed by atoms with Crippen LogP contribution >= 0.6 is 0 Å². The predicted octanol–water partition coefficient (Wildman–Crippen LogP) is 0.0392. The first-order valence-electron chi connectivity index (χ1n) is 5.79. The lowest BCUT2D eigenvalue weighted by Crippen LogP contribution is -2.43. The number of carbonyl (C=O) groups excluding carboxylic acids is 1. The van der Waals surface area contributed by atoms with Crippen molar-refractivity contribution in [3.63, 3.8) is 0 Å². The molecule has 1 amide bonds. The van der Waals surface area contributed by atoms with Crippen molar-refractivity contribution in [2.24, 2.45) is 17.6 Å². The Kier molecular flexibility index (Phi) is 5.05. The molecule has 1 aliphatic heterocycles. The van der Waals surface area contributed by atoms with Crippen molar-refractivity contribution in [2.75, 3.05) is 33.2 Å². The number of hydrogen-bond acceptors (Lipinski definition) is 3. The molecule has 4 heteroatoms. The van der Waals surface area contributed by atoms with Crippen LogP contribution < -0.4 is 11.1 Å². The molecule has 1 rings (SSSR count). The molecular formula is C11H23N3O. The highest BCUT2D eigenvalue weighted by molar-refractivity contribution is 5.76. The van der Waals surface area contributed by atoms with E-state index in [1.54, 1.807) is 0 Å². The van der Waals surface area contributed by atoms with E-state index in [2.05, 4.69) is 17.1 Å². The van der Waals surface area contributed by atoms with E-state index in [4.69, 9.17) is 5.73 Å². The predicted molar refractivity (Wildman–Crippen MR) is 61.4 cm³/mol. The second-order valence-corrected chi connectivity index (χ2v) is 4.66. The molecule has 0 bridgehead atoms. The van der Waals surface area contributed by atoms with Gasteiger partial charge in [-0.2, -0.15) is 0 Å². The zero-order chi connectivity index (χ0) is 11.3.